The van der Waals surface area contributed by atoms with E-state index in [2.05, 4.69) is 4.98 Å². The highest BCUT2D eigenvalue weighted by Crippen LogP contribution is 2.34. The summed E-state index contributed by atoms with van der Waals surface area (Å²) in [6, 6.07) is 5.40. The normalized spacial score (nSPS) is 10.4. The summed E-state index contributed by atoms with van der Waals surface area (Å²) in [5.41, 5.74) is 0.886. The number of methoxy groups -OCH3 is 1. The zero-order chi connectivity index (χ0) is 11.5. The molecular weight excluding hydrogens is 246 g/mol. The zero-order valence-corrected chi connectivity index (χ0v) is 10.2. The maximum absolute atomic E-state index is 8.99. The lowest BCUT2D eigenvalue weighted by Crippen LogP contribution is -1.86. The van der Waals surface area contributed by atoms with Gasteiger partial charge in [0.25, 0.3) is 0 Å². The van der Waals surface area contributed by atoms with Crippen molar-refractivity contribution in [2.24, 2.45) is 0 Å². The van der Waals surface area contributed by atoms with E-state index in [1.165, 1.54) is 11.3 Å². The van der Waals surface area contributed by atoms with Crippen LogP contribution in [0.3, 0.4) is 0 Å². The first-order valence-corrected chi connectivity index (χ1v) is 5.83. The second kappa shape index (κ2) is 4.82. The van der Waals surface area contributed by atoms with Crippen molar-refractivity contribution >= 4 is 22.9 Å². The van der Waals surface area contributed by atoms with Crippen LogP contribution in [0.5, 0.6) is 5.75 Å². The predicted octanol–water partition coefficient (Wildman–Crippen LogP) is 2.96. The molecule has 0 amide bonds. The highest BCUT2D eigenvalue weighted by Gasteiger charge is 2.10. The van der Waals surface area contributed by atoms with Crippen molar-refractivity contribution in [3.8, 4) is 16.3 Å². The van der Waals surface area contributed by atoms with Crippen LogP contribution in [-0.4, -0.2) is 17.2 Å². The van der Waals surface area contributed by atoms with Gasteiger partial charge in [0.1, 0.15) is 10.8 Å². The molecule has 0 radical (unpaired) electrons. The molecule has 0 bridgehead atoms. The number of benzene rings is 1. The fourth-order valence-corrected chi connectivity index (χ4v) is 2.31. The Morgan fingerprint density at radius 1 is 1.50 bits per heavy atom. The minimum atomic E-state index is 0.00751. The largest absolute Gasteiger partial charge is 0.496 e. The van der Waals surface area contributed by atoms with Gasteiger partial charge in [-0.1, -0.05) is 11.6 Å². The summed E-state index contributed by atoms with van der Waals surface area (Å²) in [5.74, 6) is 0.686. The van der Waals surface area contributed by atoms with Crippen molar-refractivity contribution in [3.63, 3.8) is 0 Å². The van der Waals surface area contributed by atoms with Crippen LogP contribution in [0.2, 0.25) is 5.02 Å². The lowest BCUT2D eigenvalue weighted by molar-refractivity contribution is 0.285. The van der Waals surface area contributed by atoms with Gasteiger partial charge >= 0.3 is 0 Å². The molecule has 5 heteroatoms. The van der Waals surface area contributed by atoms with Gasteiger partial charge in [-0.15, -0.1) is 11.3 Å². The van der Waals surface area contributed by atoms with E-state index in [-0.39, 0.29) is 6.61 Å². The van der Waals surface area contributed by atoms with Crippen LogP contribution in [-0.2, 0) is 6.61 Å². The third-order valence-corrected chi connectivity index (χ3v) is 3.35. The summed E-state index contributed by atoms with van der Waals surface area (Å²) in [4.78, 5) is 5.06. The number of hydrogen-bond acceptors (Lipinski definition) is 4. The van der Waals surface area contributed by atoms with Gasteiger partial charge in [-0.25, -0.2) is 4.98 Å². The number of hydrogen-bond donors (Lipinski definition) is 1. The van der Waals surface area contributed by atoms with Gasteiger partial charge < -0.3 is 9.84 Å². The molecule has 2 aromatic rings. The predicted molar refractivity (Wildman–Crippen MR) is 65.0 cm³/mol. The Balaban J connectivity index is 2.46. The smallest absolute Gasteiger partial charge is 0.130 e. The number of halogens is 1. The third kappa shape index (κ3) is 2.19. The zero-order valence-electron chi connectivity index (χ0n) is 8.61. The fraction of sp³-hybridized carbons (Fsp3) is 0.182. The first-order valence-electron chi connectivity index (χ1n) is 4.64. The number of thiazole rings is 1. The number of aliphatic hydroxyl groups excluding tert-OH is 1. The number of aromatic nitrogens is 1. The lowest BCUT2D eigenvalue weighted by Gasteiger charge is -2.05. The van der Waals surface area contributed by atoms with Gasteiger partial charge in [0.15, 0.2) is 0 Å². The molecule has 0 aliphatic rings. The van der Waals surface area contributed by atoms with E-state index < -0.39 is 0 Å². The molecule has 1 aromatic carbocycles. The molecular formula is C11H10ClNO2S. The highest BCUT2D eigenvalue weighted by atomic mass is 35.5. The number of ether oxygens (including phenoxy) is 1. The van der Waals surface area contributed by atoms with Crippen molar-refractivity contribution in [1.29, 1.82) is 0 Å². The lowest BCUT2D eigenvalue weighted by atomic mass is 10.2. The van der Waals surface area contributed by atoms with Crippen LogP contribution >= 0.6 is 22.9 Å². The van der Waals surface area contributed by atoms with Crippen LogP contribution in [0, 0.1) is 0 Å². The molecule has 0 saturated heterocycles. The van der Waals surface area contributed by atoms with E-state index in [0.29, 0.717) is 10.8 Å². The SMILES string of the molecule is COc1cc(Cl)ccc1-c1ncc(CO)s1. The van der Waals surface area contributed by atoms with Crippen molar-refractivity contribution < 1.29 is 9.84 Å². The van der Waals surface area contributed by atoms with Gasteiger partial charge in [0.05, 0.1) is 24.2 Å². The molecule has 3 nitrogen and oxygen atoms in total. The number of rotatable bonds is 3. The van der Waals surface area contributed by atoms with E-state index in [1.54, 1.807) is 25.4 Å². The molecule has 0 spiro atoms. The Kier molecular flexibility index (Phi) is 3.43. The Morgan fingerprint density at radius 3 is 2.94 bits per heavy atom. The van der Waals surface area contributed by atoms with Crippen molar-refractivity contribution in [2.45, 2.75) is 6.61 Å². The summed E-state index contributed by atoms with van der Waals surface area (Å²) >= 11 is 7.32. The molecule has 1 aromatic heterocycles. The molecule has 2 rings (SSSR count). The van der Waals surface area contributed by atoms with Crippen molar-refractivity contribution in [1.82, 2.24) is 4.98 Å². The van der Waals surface area contributed by atoms with Crippen molar-refractivity contribution in [3.05, 3.63) is 34.3 Å². The van der Waals surface area contributed by atoms with Gasteiger partial charge in [0, 0.05) is 11.2 Å². The molecule has 84 valence electrons. The van der Waals surface area contributed by atoms with E-state index in [0.717, 1.165) is 15.4 Å². The fourth-order valence-electron chi connectivity index (χ4n) is 1.35. The Bertz CT molecular complexity index is 498. The van der Waals surface area contributed by atoms with Crippen LogP contribution in [0.15, 0.2) is 24.4 Å². The van der Waals surface area contributed by atoms with Crippen LogP contribution < -0.4 is 4.74 Å². The van der Waals surface area contributed by atoms with Gasteiger partial charge in [-0.3, -0.25) is 0 Å². The molecule has 1 N–H and O–H groups in total. The first kappa shape index (κ1) is 11.4. The maximum atomic E-state index is 8.99. The molecule has 0 saturated carbocycles. The highest BCUT2D eigenvalue weighted by molar-refractivity contribution is 7.15. The van der Waals surface area contributed by atoms with E-state index in [4.69, 9.17) is 21.4 Å². The monoisotopic (exact) mass is 255 g/mol. The summed E-state index contributed by atoms with van der Waals surface area (Å²) < 4.78 is 5.24. The second-order valence-electron chi connectivity index (χ2n) is 3.13. The second-order valence-corrected chi connectivity index (χ2v) is 4.69. The minimum Gasteiger partial charge on any atom is -0.496 e. The standard InChI is InChI=1S/C11H10ClNO2S/c1-15-10-4-7(12)2-3-9(10)11-13-5-8(6-14)16-11/h2-5,14H,6H2,1H3. The molecule has 0 fully saturated rings. The number of aliphatic hydroxyl groups is 1. The van der Waals surface area contributed by atoms with E-state index in [1.807, 2.05) is 6.07 Å². The number of nitrogens with zero attached hydrogens (tertiary/aromatic N) is 1. The van der Waals surface area contributed by atoms with Gasteiger partial charge in [-0.2, -0.15) is 0 Å². The Morgan fingerprint density at radius 2 is 2.31 bits per heavy atom. The minimum absolute atomic E-state index is 0.00751. The first-order chi connectivity index (χ1) is 7.74. The van der Waals surface area contributed by atoms with Gasteiger partial charge in [0.2, 0.25) is 0 Å². The summed E-state index contributed by atoms with van der Waals surface area (Å²) in [7, 11) is 1.59. The van der Waals surface area contributed by atoms with Crippen molar-refractivity contribution in [2.75, 3.05) is 7.11 Å². The molecule has 0 aliphatic heterocycles. The van der Waals surface area contributed by atoms with Crippen LogP contribution in [0.25, 0.3) is 10.6 Å². The van der Waals surface area contributed by atoms with Crippen LogP contribution in [0.1, 0.15) is 4.88 Å². The molecule has 0 atom stereocenters. The molecule has 16 heavy (non-hydrogen) atoms. The van der Waals surface area contributed by atoms with Gasteiger partial charge in [-0.05, 0) is 18.2 Å². The summed E-state index contributed by atoms with van der Waals surface area (Å²) in [5, 5.41) is 10.4. The maximum Gasteiger partial charge on any atom is 0.130 e. The quantitative estimate of drug-likeness (QED) is 0.917. The van der Waals surface area contributed by atoms with E-state index in [9.17, 15) is 0 Å². The molecule has 1 heterocycles. The average molecular weight is 256 g/mol. The topological polar surface area (TPSA) is 42.4 Å². The van der Waals surface area contributed by atoms with E-state index >= 15 is 0 Å². The Labute approximate surface area is 102 Å². The molecule has 0 aliphatic carbocycles. The summed E-state index contributed by atoms with van der Waals surface area (Å²) in [6.45, 7) is 0.00751. The summed E-state index contributed by atoms with van der Waals surface area (Å²) in [6.07, 6.45) is 1.66. The molecule has 0 unspecified atom stereocenters. The Hall–Kier alpha value is -1.10. The third-order valence-electron chi connectivity index (χ3n) is 2.10. The van der Waals surface area contributed by atoms with Crippen LogP contribution in [0.4, 0.5) is 0 Å². The average Bonchev–Trinajstić information content (AvgIpc) is 2.77.